The Morgan fingerprint density at radius 1 is 1.39 bits per heavy atom. The van der Waals surface area contributed by atoms with Crippen molar-refractivity contribution in [1.29, 1.82) is 0 Å². The van der Waals surface area contributed by atoms with Crippen molar-refractivity contribution in [3.63, 3.8) is 0 Å². The van der Waals surface area contributed by atoms with Gasteiger partial charge in [-0.1, -0.05) is 0 Å². The lowest BCUT2D eigenvalue weighted by molar-refractivity contribution is 0.0150. The highest BCUT2D eigenvalue weighted by atomic mass is 16.5. The lowest BCUT2D eigenvalue weighted by Gasteiger charge is -2.26. The molecule has 1 heterocycles. The van der Waals surface area contributed by atoms with Crippen molar-refractivity contribution in [3.05, 3.63) is 0 Å². The third-order valence-electron chi connectivity index (χ3n) is 4.12. The number of hydrogen-bond donors (Lipinski definition) is 2. The van der Waals surface area contributed by atoms with E-state index in [9.17, 15) is 0 Å². The summed E-state index contributed by atoms with van der Waals surface area (Å²) in [4.78, 5) is 0. The molecule has 1 saturated heterocycles. The van der Waals surface area contributed by atoms with E-state index in [2.05, 4.69) is 12.3 Å². The van der Waals surface area contributed by atoms with Crippen LogP contribution in [0.5, 0.6) is 0 Å². The predicted molar refractivity (Wildman–Crippen MR) is 72.1 cm³/mol. The molecule has 3 unspecified atom stereocenters. The number of ether oxygens (including phenoxy) is 2. The second-order valence-electron chi connectivity index (χ2n) is 5.60. The maximum Gasteiger partial charge on any atom is 0.0769 e. The van der Waals surface area contributed by atoms with E-state index in [1.165, 1.54) is 38.5 Å². The van der Waals surface area contributed by atoms with Crippen LogP contribution < -0.4 is 11.3 Å². The van der Waals surface area contributed by atoms with Gasteiger partial charge in [0, 0.05) is 19.3 Å². The van der Waals surface area contributed by atoms with Gasteiger partial charge in [-0.3, -0.25) is 11.3 Å². The van der Waals surface area contributed by atoms with Gasteiger partial charge in [0.2, 0.25) is 0 Å². The fourth-order valence-electron chi connectivity index (χ4n) is 2.98. The monoisotopic (exact) mass is 256 g/mol. The molecule has 2 fully saturated rings. The SMILES string of the molecule is CCOC(C1CC1)C(CCCC1CCCO1)NN. The minimum atomic E-state index is 0.304. The molecule has 0 amide bonds. The van der Waals surface area contributed by atoms with Gasteiger partial charge in [-0.05, 0) is 57.8 Å². The van der Waals surface area contributed by atoms with Crippen molar-refractivity contribution in [2.45, 2.75) is 70.1 Å². The molecule has 0 aromatic carbocycles. The van der Waals surface area contributed by atoms with Gasteiger partial charge in [0.1, 0.15) is 0 Å². The van der Waals surface area contributed by atoms with Crippen molar-refractivity contribution in [2.75, 3.05) is 13.2 Å². The summed E-state index contributed by atoms with van der Waals surface area (Å²) in [6.45, 7) is 3.80. The van der Waals surface area contributed by atoms with E-state index in [1.807, 2.05) is 0 Å². The van der Waals surface area contributed by atoms with E-state index in [1.54, 1.807) is 0 Å². The van der Waals surface area contributed by atoms with Gasteiger partial charge in [0.15, 0.2) is 0 Å². The molecule has 0 radical (unpaired) electrons. The average Bonchev–Trinajstić information content (AvgIpc) is 3.10. The third-order valence-corrected chi connectivity index (χ3v) is 4.12. The molecule has 2 aliphatic rings. The number of nitrogens with two attached hydrogens (primary N) is 1. The van der Waals surface area contributed by atoms with Crippen molar-refractivity contribution in [3.8, 4) is 0 Å². The van der Waals surface area contributed by atoms with Gasteiger partial charge >= 0.3 is 0 Å². The fraction of sp³-hybridized carbons (Fsp3) is 1.00. The summed E-state index contributed by atoms with van der Waals surface area (Å²) in [6, 6.07) is 0.304. The largest absolute Gasteiger partial charge is 0.378 e. The van der Waals surface area contributed by atoms with Gasteiger partial charge in [0.05, 0.1) is 12.2 Å². The first kappa shape index (κ1) is 14.3. The van der Waals surface area contributed by atoms with E-state index in [-0.39, 0.29) is 0 Å². The number of hydrogen-bond acceptors (Lipinski definition) is 4. The average molecular weight is 256 g/mol. The summed E-state index contributed by atoms with van der Waals surface area (Å²) >= 11 is 0. The molecule has 4 heteroatoms. The zero-order valence-corrected chi connectivity index (χ0v) is 11.6. The molecule has 1 saturated carbocycles. The van der Waals surface area contributed by atoms with E-state index in [4.69, 9.17) is 15.3 Å². The Morgan fingerprint density at radius 3 is 2.78 bits per heavy atom. The van der Waals surface area contributed by atoms with E-state index >= 15 is 0 Å². The summed E-state index contributed by atoms with van der Waals surface area (Å²) in [7, 11) is 0. The standard InChI is InChI=1S/C14H28N2O2/c1-2-17-14(11-8-9-11)13(16-15)7-3-5-12-6-4-10-18-12/h11-14,16H,2-10,15H2,1H3. The Bertz CT molecular complexity index is 228. The second-order valence-corrected chi connectivity index (χ2v) is 5.60. The van der Waals surface area contributed by atoms with Crippen LogP contribution in [0.1, 0.15) is 51.9 Å². The third kappa shape index (κ3) is 4.19. The Morgan fingerprint density at radius 2 is 2.22 bits per heavy atom. The van der Waals surface area contributed by atoms with Crippen molar-refractivity contribution < 1.29 is 9.47 Å². The van der Waals surface area contributed by atoms with Crippen LogP contribution in [-0.2, 0) is 9.47 Å². The Balaban J connectivity index is 1.69. The summed E-state index contributed by atoms with van der Waals surface area (Å²) in [5.74, 6) is 6.43. The molecule has 0 bridgehead atoms. The lowest BCUT2D eigenvalue weighted by Crippen LogP contribution is -2.46. The zero-order valence-electron chi connectivity index (χ0n) is 11.6. The molecule has 2 rings (SSSR count). The second kappa shape index (κ2) is 7.43. The highest BCUT2D eigenvalue weighted by Crippen LogP contribution is 2.36. The molecule has 3 N–H and O–H groups in total. The molecular formula is C14H28N2O2. The van der Waals surface area contributed by atoms with Crippen LogP contribution in [0.15, 0.2) is 0 Å². The molecule has 0 aromatic heterocycles. The lowest BCUT2D eigenvalue weighted by atomic mass is 9.99. The van der Waals surface area contributed by atoms with Crippen LogP contribution in [-0.4, -0.2) is 31.5 Å². The molecule has 3 atom stereocenters. The van der Waals surface area contributed by atoms with Crippen molar-refractivity contribution in [2.24, 2.45) is 11.8 Å². The summed E-state index contributed by atoms with van der Waals surface area (Å²) in [5, 5.41) is 0. The highest BCUT2D eigenvalue weighted by Gasteiger charge is 2.36. The van der Waals surface area contributed by atoms with Gasteiger partial charge in [-0.15, -0.1) is 0 Å². The predicted octanol–water partition coefficient (Wildman–Crippen LogP) is 1.98. The number of hydrazine groups is 1. The maximum absolute atomic E-state index is 5.87. The molecule has 18 heavy (non-hydrogen) atoms. The van der Waals surface area contributed by atoms with E-state index in [0.29, 0.717) is 18.2 Å². The van der Waals surface area contributed by atoms with Gasteiger partial charge < -0.3 is 9.47 Å². The fourth-order valence-corrected chi connectivity index (χ4v) is 2.98. The van der Waals surface area contributed by atoms with Gasteiger partial charge in [-0.2, -0.15) is 0 Å². The summed E-state index contributed by atoms with van der Waals surface area (Å²) < 4.78 is 11.5. The minimum absolute atomic E-state index is 0.304. The molecule has 1 aliphatic carbocycles. The summed E-state index contributed by atoms with van der Waals surface area (Å²) in [6.07, 6.45) is 9.31. The van der Waals surface area contributed by atoms with Crippen molar-refractivity contribution in [1.82, 2.24) is 5.43 Å². The van der Waals surface area contributed by atoms with Crippen LogP contribution in [0.3, 0.4) is 0 Å². The topological polar surface area (TPSA) is 56.5 Å². The van der Waals surface area contributed by atoms with Crippen LogP contribution in [0.4, 0.5) is 0 Å². The quantitative estimate of drug-likeness (QED) is 0.489. The van der Waals surface area contributed by atoms with Gasteiger partial charge in [-0.25, -0.2) is 0 Å². The Kier molecular flexibility index (Phi) is 5.89. The van der Waals surface area contributed by atoms with E-state index in [0.717, 1.165) is 25.6 Å². The molecule has 0 aromatic rings. The molecule has 0 spiro atoms. The first-order valence-corrected chi connectivity index (χ1v) is 7.54. The number of nitrogens with one attached hydrogen (secondary N) is 1. The molecule has 4 nitrogen and oxygen atoms in total. The van der Waals surface area contributed by atoms with Gasteiger partial charge in [0.25, 0.3) is 0 Å². The zero-order chi connectivity index (χ0) is 12.8. The molecule has 1 aliphatic heterocycles. The Labute approximate surface area is 111 Å². The maximum atomic E-state index is 5.87. The molecule has 106 valence electrons. The number of rotatable bonds is 9. The van der Waals surface area contributed by atoms with Crippen LogP contribution in [0.25, 0.3) is 0 Å². The minimum Gasteiger partial charge on any atom is -0.378 e. The highest BCUT2D eigenvalue weighted by molar-refractivity contribution is 4.89. The summed E-state index contributed by atoms with van der Waals surface area (Å²) in [5.41, 5.74) is 2.97. The first-order chi connectivity index (χ1) is 8.85. The van der Waals surface area contributed by atoms with Crippen LogP contribution in [0.2, 0.25) is 0 Å². The van der Waals surface area contributed by atoms with Crippen LogP contribution in [0, 0.1) is 5.92 Å². The first-order valence-electron chi connectivity index (χ1n) is 7.54. The smallest absolute Gasteiger partial charge is 0.0769 e. The van der Waals surface area contributed by atoms with Crippen molar-refractivity contribution >= 4 is 0 Å². The Hall–Kier alpha value is -0.160. The normalized spacial score (nSPS) is 27.3. The van der Waals surface area contributed by atoms with E-state index < -0.39 is 0 Å². The molecular weight excluding hydrogens is 228 g/mol. The van der Waals surface area contributed by atoms with Crippen LogP contribution >= 0.6 is 0 Å².